The van der Waals surface area contributed by atoms with Crippen LogP contribution in [0.2, 0.25) is 0 Å². The fraction of sp³-hybridized carbons (Fsp3) is 0.167. The third-order valence-corrected chi connectivity index (χ3v) is 5.74. The zero-order valence-corrected chi connectivity index (χ0v) is 15.1. The van der Waals surface area contributed by atoms with Crippen molar-refractivity contribution >= 4 is 28.7 Å². The van der Waals surface area contributed by atoms with Gasteiger partial charge in [-0.25, -0.2) is 4.98 Å². The lowest BCUT2D eigenvalue weighted by atomic mass is 10.1. The van der Waals surface area contributed by atoms with Crippen molar-refractivity contribution in [2.45, 2.75) is 23.9 Å². The van der Waals surface area contributed by atoms with Gasteiger partial charge in [0.05, 0.1) is 11.4 Å². The lowest BCUT2D eigenvalue weighted by Gasteiger charge is -2.05. The molecule has 4 nitrogen and oxygen atoms in total. The van der Waals surface area contributed by atoms with E-state index in [9.17, 15) is 0 Å². The van der Waals surface area contributed by atoms with Crippen LogP contribution in [0.3, 0.4) is 0 Å². The van der Waals surface area contributed by atoms with Crippen LogP contribution in [0.4, 0.5) is 0 Å². The second-order valence-corrected chi connectivity index (χ2v) is 7.99. The lowest BCUT2D eigenvalue weighted by molar-refractivity contribution is 0.982. The third kappa shape index (κ3) is 2.95. The summed E-state index contributed by atoms with van der Waals surface area (Å²) in [6.45, 7) is 4.08. The standard InChI is InChI=1S/C18H16N4S2/c1-12-8-9-16-19-17(14-6-4-3-5-7-14)15(22(16)10-12)11-23-18-21-20-13(2)24-18/h3-10H,11H2,1-2H3. The van der Waals surface area contributed by atoms with Crippen molar-refractivity contribution in [1.82, 2.24) is 19.6 Å². The topological polar surface area (TPSA) is 43.1 Å². The maximum atomic E-state index is 4.86. The predicted octanol–water partition coefficient (Wildman–Crippen LogP) is 4.76. The second kappa shape index (κ2) is 6.37. The first kappa shape index (κ1) is 15.4. The highest BCUT2D eigenvalue weighted by Crippen LogP contribution is 2.31. The summed E-state index contributed by atoms with van der Waals surface area (Å²) in [6, 6.07) is 14.5. The van der Waals surface area contributed by atoms with Gasteiger partial charge in [-0.3, -0.25) is 0 Å². The first-order valence-electron chi connectivity index (χ1n) is 7.66. The highest BCUT2D eigenvalue weighted by Gasteiger charge is 2.15. The SMILES string of the molecule is Cc1ccc2nc(-c3ccccc3)c(CSc3nnc(C)s3)n2c1. The van der Waals surface area contributed by atoms with Gasteiger partial charge in [0, 0.05) is 17.5 Å². The van der Waals surface area contributed by atoms with Crippen molar-refractivity contribution in [3.8, 4) is 11.3 Å². The fourth-order valence-corrected chi connectivity index (χ4v) is 4.46. The van der Waals surface area contributed by atoms with Crippen LogP contribution in [-0.2, 0) is 5.75 Å². The van der Waals surface area contributed by atoms with E-state index in [4.69, 9.17) is 4.98 Å². The summed E-state index contributed by atoms with van der Waals surface area (Å²) < 4.78 is 3.19. The Labute approximate surface area is 148 Å². The molecule has 3 aromatic heterocycles. The molecule has 0 bridgehead atoms. The molecular formula is C18H16N4S2. The first-order chi connectivity index (χ1) is 11.7. The Balaban J connectivity index is 1.79. The minimum atomic E-state index is 0.809. The van der Waals surface area contributed by atoms with Gasteiger partial charge in [0.2, 0.25) is 0 Å². The molecule has 4 rings (SSSR count). The van der Waals surface area contributed by atoms with Gasteiger partial charge in [0.25, 0.3) is 0 Å². The summed E-state index contributed by atoms with van der Waals surface area (Å²) in [6.07, 6.45) is 2.15. The number of aromatic nitrogens is 4. The number of rotatable bonds is 4. The average Bonchev–Trinajstić information content (AvgIpc) is 3.17. The Morgan fingerprint density at radius 1 is 1.04 bits per heavy atom. The largest absolute Gasteiger partial charge is 0.302 e. The van der Waals surface area contributed by atoms with Crippen LogP contribution >= 0.6 is 23.1 Å². The number of hydrogen-bond acceptors (Lipinski definition) is 5. The van der Waals surface area contributed by atoms with Crippen LogP contribution in [0.25, 0.3) is 16.9 Å². The number of benzene rings is 1. The van der Waals surface area contributed by atoms with E-state index in [1.807, 2.05) is 13.0 Å². The molecule has 120 valence electrons. The van der Waals surface area contributed by atoms with E-state index in [1.54, 1.807) is 23.1 Å². The van der Waals surface area contributed by atoms with Crippen molar-refractivity contribution in [3.05, 3.63) is 64.9 Å². The Kier molecular flexibility index (Phi) is 4.08. The lowest BCUT2D eigenvalue weighted by Crippen LogP contribution is -1.93. The number of pyridine rings is 1. The van der Waals surface area contributed by atoms with Gasteiger partial charge in [0.15, 0.2) is 4.34 Å². The molecular weight excluding hydrogens is 336 g/mol. The molecule has 0 amide bonds. The van der Waals surface area contributed by atoms with Gasteiger partial charge in [-0.05, 0) is 25.5 Å². The van der Waals surface area contributed by atoms with Crippen molar-refractivity contribution in [3.63, 3.8) is 0 Å². The molecule has 0 saturated carbocycles. The van der Waals surface area contributed by atoms with Gasteiger partial charge in [-0.1, -0.05) is 59.5 Å². The molecule has 3 heterocycles. The summed E-state index contributed by atoms with van der Waals surface area (Å²) in [5, 5.41) is 9.31. The van der Waals surface area contributed by atoms with Crippen LogP contribution in [-0.4, -0.2) is 19.6 Å². The summed E-state index contributed by atoms with van der Waals surface area (Å²) in [5.74, 6) is 0.809. The van der Waals surface area contributed by atoms with Gasteiger partial charge in [-0.2, -0.15) is 0 Å². The molecule has 0 aliphatic heterocycles. The zero-order valence-electron chi connectivity index (χ0n) is 13.4. The Bertz CT molecular complexity index is 989. The normalized spacial score (nSPS) is 11.2. The summed E-state index contributed by atoms with van der Waals surface area (Å²) >= 11 is 3.34. The van der Waals surface area contributed by atoms with Gasteiger partial charge >= 0.3 is 0 Å². The molecule has 0 N–H and O–H groups in total. The average molecular weight is 352 g/mol. The highest BCUT2D eigenvalue weighted by molar-refractivity contribution is 8.00. The number of hydrogen-bond donors (Lipinski definition) is 0. The third-order valence-electron chi connectivity index (χ3n) is 3.75. The van der Waals surface area contributed by atoms with Crippen LogP contribution < -0.4 is 0 Å². The minimum Gasteiger partial charge on any atom is -0.302 e. The maximum Gasteiger partial charge on any atom is 0.174 e. The molecule has 0 radical (unpaired) electrons. The molecule has 0 unspecified atom stereocenters. The fourth-order valence-electron chi connectivity index (χ4n) is 2.63. The Morgan fingerprint density at radius 2 is 1.88 bits per heavy atom. The van der Waals surface area contributed by atoms with Crippen LogP contribution in [0.15, 0.2) is 53.0 Å². The van der Waals surface area contributed by atoms with Gasteiger partial charge in [-0.15, -0.1) is 10.2 Å². The van der Waals surface area contributed by atoms with E-state index >= 15 is 0 Å². The van der Waals surface area contributed by atoms with Crippen LogP contribution in [0.1, 0.15) is 16.3 Å². The van der Waals surface area contributed by atoms with E-state index < -0.39 is 0 Å². The maximum absolute atomic E-state index is 4.86. The molecule has 24 heavy (non-hydrogen) atoms. The molecule has 0 fully saturated rings. The first-order valence-corrected chi connectivity index (χ1v) is 9.47. The molecule has 0 aliphatic carbocycles. The minimum absolute atomic E-state index is 0.809. The summed E-state index contributed by atoms with van der Waals surface area (Å²) in [4.78, 5) is 4.86. The van der Waals surface area contributed by atoms with Crippen molar-refractivity contribution < 1.29 is 0 Å². The number of thioether (sulfide) groups is 1. The quantitative estimate of drug-likeness (QED) is 0.497. The van der Waals surface area contributed by atoms with E-state index in [-0.39, 0.29) is 0 Å². The van der Waals surface area contributed by atoms with Crippen molar-refractivity contribution in [1.29, 1.82) is 0 Å². The predicted molar refractivity (Wildman–Crippen MR) is 99.6 cm³/mol. The molecule has 0 saturated heterocycles. The van der Waals surface area contributed by atoms with E-state index in [0.717, 1.165) is 32.0 Å². The number of fused-ring (bicyclic) bond motifs is 1. The van der Waals surface area contributed by atoms with Crippen molar-refractivity contribution in [2.75, 3.05) is 0 Å². The highest BCUT2D eigenvalue weighted by atomic mass is 32.2. The van der Waals surface area contributed by atoms with Crippen LogP contribution in [0, 0.1) is 13.8 Å². The molecule has 0 atom stereocenters. The zero-order chi connectivity index (χ0) is 16.5. The van der Waals surface area contributed by atoms with Gasteiger partial charge < -0.3 is 4.40 Å². The molecule has 0 aliphatic rings. The molecule has 1 aromatic carbocycles. The molecule has 6 heteroatoms. The Morgan fingerprint density at radius 3 is 2.62 bits per heavy atom. The van der Waals surface area contributed by atoms with Gasteiger partial charge in [0.1, 0.15) is 10.7 Å². The van der Waals surface area contributed by atoms with Crippen LogP contribution in [0.5, 0.6) is 0 Å². The van der Waals surface area contributed by atoms with E-state index in [0.29, 0.717) is 0 Å². The summed E-state index contributed by atoms with van der Waals surface area (Å²) in [5.41, 5.74) is 5.57. The van der Waals surface area contributed by atoms with E-state index in [1.165, 1.54) is 11.3 Å². The number of aryl methyl sites for hydroxylation is 2. The number of nitrogens with zero attached hydrogens (tertiary/aromatic N) is 4. The van der Waals surface area contributed by atoms with Crippen molar-refractivity contribution in [2.24, 2.45) is 0 Å². The molecule has 4 aromatic rings. The number of imidazole rings is 1. The van der Waals surface area contributed by atoms with E-state index in [2.05, 4.69) is 64.1 Å². The Hall–Kier alpha value is -2.18. The second-order valence-electron chi connectivity index (χ2n) is 5.58. The molecule has 0 spiro atoms. The summed E-state index contributed by atoms with van der Waals surface area (Å²) in [7, 11) is 0. The monoisotopic (exact) mass is 352 g/mol. The smallest absolute Gasteiger partial charge is 0.174 e.